The molecule has 82 valence electrons. The van der Waals surface area contributed by atoms with Crippen LogP contribution in [0.2, 0.25) is 0 Å². The lowest BCUT2D eigenvalue weighted by Gasteiger charge is -2.10. The number of hydrogen-bond acceptors (Lipinski definition) is 2. The average Bonchev–Trinajstić information content (AvgIpc) is 2.26. The molecule has 0 aliphatic rings. The second-order valence-electron chi connectivity index (χ2n) is 3.53. The Morgan fingerprint density at radius 1 is 1.47 bits per heavy atom. The van der Waals surface area contributed by atoms with Crippen LogP contribution in [0.25, 0.3) is 0 Å². The lowest BCUT2D eigenvalue weighted by Crippen LogP contribution is -2.18. The summed E-state index contributed by atoms with van der Waals surface area (Å²) in [6.07, 6.45) is 0.882. The zero-order valence-electron chi connectivity index (χ0n) is 8.53. The third-order valence-corrected chi connectivity index (χ3v) is 2.37. The summed E-state index contributed by atoms with van der Waals surface area (Å²) in [6.45, 7) is 1.96. The fraction of sp³-hybridized carbons (Fsp3) is 0.364. The van der Waals surface area contributed by atoms with Gasteiger partial charge in [0.05, 0.1) is 0 Å². The van der Waals surface area contributed by atoms with Gasteiger partial charge in [-0.25, -0.2) is 9.87 Å². The summed E-state index contributed by atoms with van der Waals surface area (Å²) in [6, 6.07) is 6.21. The molecular formula is C11H14FNO2. The molecule has 0 aliphatic heterocycles. The average molecular weight is 211 g/mol. The van der Waals surface area contributed by atoms with Crippen LogP contribution in [0, 0.1) is 5.82 Å². The molecule has 1 unspecified atom stereocenters. The summed E-state index contributed by atoms with van der Waals surface area (Å²) in [5, 5.41) is 8.31. The molecule has 0 radical (unpaired) electrons. The van der Waals surface area contributed by atoms with Crippen molar-refractivity contribution in [1.29, 1.82) is 0 Å². The molecule has 0 spiro atoms. The van der Waals surface area contributed by atoms with Gasteiger partial charge in [-0.05, 0) is 30.0 Å². The van der Waals surface area contributed by atoms with E-state index in [0.29, 0.717) is 6.42 Å². The molecule has 2 N–H and O–H groups in total. The van der Waals surface area contributed by atoms with Crippen molar-refractivity contribution < 1.29 is 14.4 Å². The second kappa shape index (κ2) is 5.46. The lowest BCUT2D eigenvalue weighted by atomic mass is 9.96. The van der Waals surface area contributed by atoms with Crippen molar-refractivity contribution in [2.45, 2.75) is 25.7 Å². The van der Waals surface area contributed by atoms with Crippen LogP contribution < -0.4 is 5.48 Å². The van der Waals surface area contributed by atoms with Crippen molar-refractivity contribution in [2.75, 3.05) is 0 Å². The van der Waals surface area contributed by atoms with Crippen molar-refractivity contribution in [3.63, 3.8) is 0 Å². The van der Waals surface area contributed by atoms with Gasteiger partial charge in [-0.3, -0.25) is 10.0 Å². The molecule has 1 rings (SSSR count). The summed E-state index contributed by atoms with van der Waals surface area (Å²) in [5.74, 6) is -0.495. The van der Waals surface area contributed by atoms with Gasteiger partial charge in [0.25, 0.3) is 0 Å². The predicted molar refractivity (Wildman–Crippen MR) is 54.0 cm³/mol. The number of amides is 1. The van der Waals surface area contributed by atoms with E-state index in [1.807, 2.05) is 6.92 Å². The Kier molecular flexibility index (Phi) is 4.24. The Morgan fingerprint density at radius 3 is 2.60 bits per heavy atom. The van der Waals surface area contributed by atoms with Crippen LogP contribution in [0.3, 0.4) is 0 Å². The van der Waals surface area contributed by atoms with Gasteiger partial charge in [0.2, 0.25) is 5.91 Å². The van der Waals surface area contributed by atoms with Crippen LogP contribution in [0.1, 0.15) is 31.2 Å². The smallest absolute Gasteiger partial charge is 0.243 e. The molecule has 1 atom stereocenters. The van der Waals surface area contributed by atoms with Crippen molar-refractivity contribution in [3.05, 3.63) is 35.6 Å². The molecule has 0 fully saturated rings. The van der Waals surface area contributed by atoms with Gasteiger partial charge in [0.15, 0.2) is 0 Å². The predicted octanol–water partition coefficient (Wildman–Crippen LogP) is 2.21. The highest BCUT2D eigenvalue weighted by Gasteiger charge is 2.08. The number of nitrogens with one attached hydrogen (secondary N) is 1. The molecule has 1 aromatic rings. The molecular weight excluding hydrogens is 197 g/mol. The van der Waals surface area contributed by atoms with Crippen LogP contribution in [0.5, 0.6) is 0 Å². The Balaban J connectivity index is 2.50. The molecule has 0 bridgehead atoms. The normalized spacial score (nSPS) is 12.2. The van der Waals surface area contributed by atoms with E-state index in [4.69, 9.17) is 5.21 Å². The quantitative estimate of drug-likeness (QED) is 0.592. The highest BCUT2D eigenvalue weighted by molar-refractivity contribution is 5.74. The third kappa shape index (κ3) is 3.67. The fourth-order valence-corrected chi connectivity index (χ4v) is 1.36. The largest absolute Gasteiger partial charge is 0.289 e. The van der Waals surface area contributed by atoms with E-state index in [1.54, 1.807) is 17.6 Å². The number of hydroxylamine groups is 1. The number of rotatable bonds is 4. The van der Waals surface area contributed by atoms with Crippen LogP contribution in [0.4, 0.5) is 4.39 Å². The maximum Gasteiger partial charge on any atom is 0.243 e. The van der Waals surface area contributed by atoms with Crippen LogP contribution in [0.15, 0.2) is 24.3 Å². The van der Waals surface area contributed by atoms with Crippen molar-refractivity contribution in [3.8, 4) is 0 Å². The second-order valence-corrected chi connectivity index (χ2v) is 3.53. The Bertz CT molecular complexity index is 324. The molecule has 3 nitrogen and oxygen atoms in total. The molecule has 0 aromatic heterocycles. The minimum atomic E-state index is -0.399. The highest BCUT2D eigenvalue weighted by Crippen LogP contribution is 2.20. The van der Waals surface area contributed by atoms with Crippen LogP contribution in [-0.2, 0) is 4.79 Å². The maximum atomic E-state index is 12.6. The zero-order chi connectivity index (χ0) is 11.3. The number of halogens is 1. The van der Waals surface area contributed by atoms with E-state index >= 15 is 0 Å². The molecule has 4 heteroatoms. The van der Waals surface area contributed by atoms with Crippen molar-refractivity contribution >= 4 is 5.91 Å². The van der Waals surface area contributed by atoms with Crippen molar-refractivity contribution in [1.82, 2.24) is 5.48 Å². The molecule has 1 amide bonds. The molecule has 0 aliphatic carbocycles. The van der Waals surface area contributed by atoms with E-state index in [-0.39, 0.29) is 18.2 Å². The van der Waals surface area contributed by atoms with Gasteiger partial charge in [0, 0.05) is 6.42 Å². The van der Waals surface area contributed by atoms with Crippen molar-refractivity contribution in [2.24, 2.45) is 0 Å². The van der Waals surface area contributed by atoms with Gasteiger partial charge < -0.3 is 0 Å². The van der Waals surface area contributed by atoms with Crippen LogP contribution >= 0.6 is 0 Å². The SMILES string of the molecule is CC(CCC(=O)NO)c1ccc(F)cc1. The minimum Gasteiger partial charge on any atom is -0.289 e. The van der Waals surface area contributed by atoms with E-state index in [0.717, 1.165) is 5.56 Å². The standard InChI is InChI=1S/C11H14FNO2/c1-8(2-7-11(14)13-15)9-3-5-10(12)6-4-9/h3-6,8,15H,2,7H2,1H3,(H,13,14). The van der Waals surface area contributed by atoms with Gasteiger partial charge >= 0.3 is 0 Å². The zero-order valence-corrected chi connectivity index (χ0v) is 8.53. The summed E-state index contributed by atoms with van der Waals surface area (Å²) < 4.78 is 12.6. The summed E-state index contributed by atoms with van der Waals surface area (Å²) in [7, 11) is 0. The maximum absolute atomic E-state index is 12.6. The van der Waals surface area contributed by atoms with Crippen LogP contribution in [-0.4, -0.2) is 11.1 Å². The Morgan fingerprint density at radius 2 is 2.07 bits per heavy atom. The molecule has 0 saturated carbocycles. The molecule has 15 heavy (non-hydrogen) atoms. The first kappa shape index (κ1) is 11.7. The van der Waals surface area contributed by atoms with E-state index in [2.05, 4.69) is 0 Å². The summed E-state index contributed by atoms with van der Waals surface area (Å²) in [5.41, 5.74) is 2.57. The molecule has 0 heterocycles. The first-order valence-electron chi connectivity index (χ1n) is 4.82. The number of hydrogen-bond donors (Lipinski definition) is 2. The topological polar surface area (TPSA) is 49.3 Å². The first-order chi connectivity index (χ1) is 7.13. The summed E-state index contributed by atoms with van der Waals surface area (Å²) in [4.78, 5) is 10.8. The minimum absolute atomic E-state index is 0.169. The van der Waals surface area contributed by atoms with E-state index in [9.17, 15) is 9.18 Å². The van der Waals surface area contributed by atoms with Gasteiger partial charge in [-0.15, -0.1) is 0 Å². The number of benzene rings is 1. The third-order valence-electron chi connectivity index (χ3n) is 2.37. The Labute approximate surface area is 87.9 Å². The van der Waals surface area contributed by atoms with Gasteiger partial charge in [0.1, 0.15) is 5.82 Å². The highest BCUT2D eigenvalue weighted by atomic mass is 19.1. The van der Waals surface area contributed by atoms with Gasteiger partial charge in [-0.2, -0.15) is 0 Å². The lowest BCUT2D eigenvalue weighted by molar-refractivity contribution is -0.129. The monoisotopic (exact) mass is 211 g/mol. The van der Waals surface area contributed by atoms with E-state index in [1.165, 1.54) is 12.1 Å². The Hall–Kier alpha value is -1.42. The molecule has 0 saturated heterocycles. The first-order valence-corrected chi connectivity index (χ1v) is 4.82. The van der Waals surface area contributed by atoms with E-state index < -0.39 is 5.91 Å². The fourth-order valence-electron chi connectivity index (χ4n) is 1.36. The number of carbonyl (C=O) groups excluding carboxylic acids is 1. The summed E-state index contributed by atoms with van der Waals surface area (Å²) >= 11 is 0. The number of carbonyl (C=O) groups is 1. The van der Waals surface area contributed by atoms with Gasteiger partial charge in [-0.1, -0.05) is 19.1 Å². The molecule has 1 aromatic carbocycles.